The summed E-state index contributed by atoms with van der Waals surface area (Å²) >= 11 is 0. The van der Waals surface area contributed by atoms with Gasteiger partial charge in [-0.05, 0) is 24.1 Å². The van der Waals surface area contributed by atoms with Crippen LogP contribution in [0.5, 0.6) is 0 Å². The van der Waals surface area contributed by atoms with Gasteiger partial charge < -0.3 is 15.0 Å². The van der Waals surface area contributed by atoms with Crippen molar-refractivity contribution in [3.05, 3.63) is 47.7 Å². The van der Waals surface area contributed by atoms with Crippen LogP contribution in [0.2, 0.25) is 0 Å². The molecule has 1 fully saturated rings. The predicted molar refractivity (Wildman–Crippen MR) is 83.6 cm³/mol. The van der Waals surface area contributed by atoms with Gasteiger partial charge in [0.1, 0.15) is 5.82 Å². The SMILES string of the molecule is Cc1ccccc1CNc1ccnc(N2CCOCC2)n1. The topological polar surface area (TPSA) is 50.3 Å². The number of aryl methyl sites for hydroxylation is 1. The molecule has 0 saturated carbocycles. The van der Waals surface area contributed by atoms with Crippen LogP contribution in [0.25, 0.3) is 0 Å². The third-order valence-electron chi connectivity index (χ3n) is 3.66. The fraction of sp³-hybridized carbons (Fsp3) is 0.375. The third-order valence-corrected chi connectivity index (χ3v) is 3.66. The summed E-state index contributed by atoms with van der Waals surface area (Å²) in [5.41, 5.74) is 2.57. The standard InChI is InChI=1S/C16H20N4O/c1-13-4-2-3-5-14(13)12-18-15-6-7-17-16(19-15)20-8-10-21-11-9-20/h2-7H,8-12H2,1H3,(H,17,18,19). The lowest BCUT2D eigenvalue weighted by atomic mass is 10.1. The highest BCUT2D eigenvalue weighted by atomic mass is 16.5. The molecule has 3 rings (SSSR count). The van der Waals surface area contributed by atoms with E-state index in [0.717, 1.165) is 44.6 Å². The average molecular weight is 284 g/mol. The molecule has 1 aliphatic rings. The van der Waals surface area contributed by atoms with Crippen molar-refractivity contribution < 1.29 is 4.74 Å². The van der Waals surface area contributed by atoms with E-state index < -0.39 is 0 Å². The molecule has 0 amide bonds. The molecular formula is C16H20N4O. The Morgan fingerprint density at radius 2 is 2.00 bits per heavy atom. The van der Waals surface area contributed by atoms with Crippen molar-refractivity contribution in [1.82, 2.24) is 9.97 Å². The molecule has 1 aliphatic heterocycles. The molecule has 0 unspecified atom stereocenters. The van der Waals surface area contributed by atoms with Crippen molar-refractivity contribution in [2.24, 2.45) is 0 Å². The summed E-state index contributed by atoms with van der Waals surface area (Å²) in [6.45, 7) is 6.07. The van der Waals surface area contributed by atoms with E-state index in [1.807, 2.05) is 6.07 Å². The molecule has 0 atom stereocenters. The van der Waals surface area contributed by atoms with E-state index in [1.54, 1.807) is 6.20 Å². The first-order valence-corrected chi connectivity index (χ1v) is 7.27. The number of nitrogens with one attached hydrogen (secondary N) is 1. The molecule has 0 bridgehead atoms. The zero-order valence-corrected chi connectivity index (χ0v) is 12.2. The summed E-state index contributed by atoms with van der Waals surface area (Å²) in [7, 11) is 0. The van der Waals surface area contributed by atoms with E-state index in [1.165, 1.54) is 11.1 Å². The van der Waals surface area contributed by atoms with Crippen molar-refractivity contribution in [2.75, 3.05) is 36.5 Å². The molecule has 0 spiro atoms. The van der Waals surface area contributed by atoms with E-state index in [0.29, 0.717) is 0 Å². The molecule has 1 aromatic heterocycles. The fourth-order valence-corrected chi connectivity index (χ4v) is 2.36. The molecule has 5 nitrogen and oxygen atoms in total. The normalized spacial score (nSPS) is 15.0. The minimum Gasteiger partial charge on any atom is -0.378 e. The first-order valence-electron chi connectivity index (χ1n) is 7.27. The average Bonchev–Trinajstić information content (AvgIpc) is 2.55. The molecule has 1 N–H and O–H groups in total. The van der Waals surface area contributed by atoms with E-state index in [2.05, 4.69) is 51.4 Å². The molecule has 110 valence electrons. The van der Waals surface area contributed by atoms with Gasteiger partial charge in [0.25, 0.3) is 0 Å². The maximum atomic E-state index is 5.36. The van der Waals surface area contributed by atoms with Gasteiger partial charge in [-0.15, -0.1) is 0 Å². The number of aromatic nitrogens is 2. The smallest absolute Gasteiger partial charge is 0.227 e. The summed E-state index contributed by atoms with van der Waals surface area (Å²) in [6.07, 6.45) is 1.80. The highest BCUT2D eigenvalue weighted by molar-refractivity contribution is 5.42. The Bertz CT molecular complexity index is 596. The Labute approximate surface area is 125 Å². The molecule has 1 saturated heterocycles. The van der Waals surface area contributed by atoms with E-state index in [4.69, 9.17) is 4.74 Å². The minimum absolute atomic E-state index is 0.740. The Kier molecular flexibility index (Phi) is 4.31. The van der Waals surface area contributed by atoms with E-state index in [-0.39, 0.29) is 0 Å². The van der Waals surface area contributed by atoms with Crippen LogP contribution < -0.4 is 10.2 Å². The molecule has 21 heavy (non-hydrogen) atoms. The molecular weight excluding hydrogens is 264 g/mol. The summed E-state index contributed by atoms with van der Waals surface area (Å²) in [6, 6.07) is 10.3. The van der Waals surface area contributed by atoms with Crippen LogP contribution in [-0.4, -0.2) is 36.3 Å². The molecule has 0 radical (unpaired) electrons. The van der Waals surface area contributed by atoms with Gasteiger partial charge in [-0.2, -0.15) is 4.98 Å². The zero-order chi connectivity index (χ0) is 14.5. The van der Waals surface area contributed by atoms with Crippen LogP contribution in [0.1, 0.15) is 11.1 Å². The number of nitrogens with zero attached hydrogens (tertiary/aromatic N) is 3. The van der Waals surface area contributed by atoms with Crippen LogP contribution in [-0.2, 0) is 11.3 Å². The van der Waals surface area contributed by atoms with Gasteiger partial charge in [0.05, 0.1) is 13.2 Å². The van der Waals surface area contributed by atoms with Gasteiger partial charge >= 0.3 is 0 Å². The van der Waals surface area contributed by atoms with Crippen LogP contribution in [0.4, 0.5) is 11.8 Å². The largest absolute Gasteiger partial charge is 0.378 e. The number of benzene rings is 1. The second-order valence-electron chi connectivity index (χ2n) is 5.12. The maximum absolute atomic E-state index is 5.36. The monoisotopic (exact) mass is 284 g/mol. The number of hydrogen-bond acceptors (Lipinski definition) is 5. The molecule has 2 aromatic rings. The van der Waals surface area contributed by atoms with Gasteiger partial charge in [-0.25, -0.2) is 4.98 Å². The lowest BCUT2D eigenvalue weighted by Crippen LogP contribution is -2.37. The Hall–Kier alpha value is -2.14. The van der Waals surface area contributed by atoms with Crippen molar-refractivity contribution in [2.45, 2.75) is 13.5 Å². The maximum Gasteiger partial charge on any atom is 0.227 e. The fourth-order valence-electron chi connectivity index (χ4n) is 2.36. The number of rotatable bonds is 4. The zero-order valence-electron chi connectivity index (χ0n) is 12.2. The van der Waals surface area contributed by atoms with Gasteiger partial charge in [0.15, 0.2) is 0 Å². The van der Waals surface area contributed by atoms with Gasteiger partial charge in [0.2, 0.25) is 5.95 Å². The van der Waals surface area contributed by atoms with Crippen molar-refractivity contribution in [1.29, 1.82) is 0 Å². The number of anilines is 2. The van der Waals surface area contributed by atoms with Crippen molar-refractivity contribution >= 4 is 11.8 Å². The van der Waals surface area contributed by atoms with Crippen LogP contribution in [0, 0.1) is 6.92 Å². The van der Waals surface area contributed by atoms with E-state index >= 15 is 0 Å². The number of morpholine rings is 1. The molecule has 1 aromatic carbocycles. The third kappa shape index (κ3) is 3.49. The highest BCUT2D eigenvalue weighted by Crippen LogP contribution is 2.14. The summed E-state index contributed by atoms with van der Waals surface area (Å²) in [5, 5.41) is 3.37. The second-order valence-corrected chi connectivity index (χ2v) is 5.12. The molecule has 2 heterocycles. The van der Waals surface area contributed by atoms with Gasteiger partial charge in [-0.1, -0.05) is 24.3 Å². The summed E-state index contributed by atoms with van der Waals surface area (Å²) < 4.78 is 5.36. The van der Waals surface area contributed by atoms with Gasteiger partial charge in [0, 0.05) is 25.8 Å². The number of ether oxygens (including phenoxy) is 1. The lowest BCUT2D eigenvalue weighted by Gasteiger charge is -2.26. The van der Waals surface area contributed by atoms with Crippen LogP contribution >= 0.6 is 0 Å². The Balaban J connectivity index is 1.67. The summed E-state index contributed by atoms with van der Waals surface area (Å²) in [4.78, 5) is 11.1. The van der Waals surface area contributed by atoms with Crippen molar-refractivity contribution in [3.63, 3.8) is 0 Å². The lowest BCUT2D eigenvalue weighted by molar-refractivity contribution is 0.122. The molecule has 5 heteroatoms. The minimum atomic E-state index is 0.740. The highest BCUT2D eigenvalue weighted by Gasteiger charge is 2.13. The molecule has 0 aliphatic carbocycles. The van der Waals surface area contributed by atoms with Crippen LogP contribution in [0.15, 0.2) is 36.5 Å². The van der Waals surface area contributed by atoms with E-state index in [9.17, 15) is 0 Å². The summed E-state index contributed by atoms with van der Waals surface area (Å²) in [5.74, 6) is 1.63. The number of hydrogen-bond donors (Lipinski definition) is 1. The first kappa shape index (κ1) is 13.8. The first-order chi connectivity index (χ1) is 10.3. The Morgan fingerprint density at radius 3 is 2.81 bits per heavy atom. The van der Waals surface area contributed by atoms with Crippen LogP contribution in [0.3, 0.4) is 0 Å². The quantitative estimate of drug-likeness (QED) is 0.933. The second kappa shape index (κ2) is 6.54. The predicted octanol–water partition coefficient (Wildman–Crippen LogP) is 2.23. The van der Waals surface area contributed by atoms with Gasteiger partial charge in [-0.3, -0.25) is 0 Å². The van der Waals surface area contributed by atoms with Crippen molar-refractivity contribution in [3.8, 4) is 0 Å². The Morgan fingerprint density at radius 1 is 1.19 bits per heavy atom.